The molecule has 4 heteroatoms. The quantitative estimate of drug-likeness (QED) is 0.555. The lowest BCUT2D eigenvalue weighted by atomic mass is 10.1. The van der Waals surface area contributed by atoms with Crippen molar-refractivity contribution in [3.63, 3.8) is 0 Å². The molecule has 0 aliphatic carbocycles. The van der Waals surface area contributed by atoms with Crippen LogP contribution in [0, 0.1) is 6.92 Å². The highest BCUT2D eigenvalue weighted by Crippen LogP contribution is 2.23. The summed E-state index contributed by atoms with van der Waals surface area (Å²) in [5.41, 5.74) is 3.97. The molecule has 4 nitrogen and oxygen atoms in total. The lowest BCUT2D eigenvalue weighted by Crippen LogP contribution is -1.95. The largest absolute Gasteiger partial charge is 0.472 e. The molecule has 3 aromatic heterocycles. The van der Waals surface area contributed by atoms with E-state index in [4.69, 9.17) is 4.42 Å². The van der Waals surface area contributed by atoms with Crippen LogP contribution in [0.3, 0.4) is 0 Å². The molecule has 0 saturated carbocycles. The first-order valence-electron chi connectivity index (χ1n) is 6.75. The van der Waals surface area contributed by atoms with E-state index in [0.29, 0.717) is 0 Å². The van der Waals surface area contributed by atoms with Gasteiger partial charge in [-0.25, -0.2) is 9.97 Å². The Kier molecular flexibility index (Phi) is 2.60. The van der Waals surface area contributed by atoms with Gasteiger partial charge in [0, 0.05) is 29.0 Å². The van der Waals surface area contributed by atoms with Gasteiger partial charge in [0.2, 0.25) is 0 Å². The van der Waals surface area contributed by atoms with Crippen molar-refractivity contribution in [1.29, 1.82) is 0 Å². The van der Waals surface area contributed by atoms with Crippen LogP contribution in [-0.2, 0) is 0 Å². The number of furan rings is 1. The number of hydrogen-bond acceptors (Lipinski definition) is 3. The molecule has 0 saturated heterocycles. The molecule has 4 rings (SSSR count). The maximum atomic E-state index is 5.11. The summed E-state index contributed by atoms with van der Waals surface area (Å²) in [4.78, 5) is 8.94. The molecule has 0 unspecified atom stereocenters. The lowest BCUT2D eigenvalue weighted by molar-refractivity contribution is 0.568. The summed E-state index contributed by atoms with van der Waals surface area (Å²) in [6.07, 6.45) is 7.13. The van der Waals surface area contributed by atoms with Gasteiger partial charge in [0.25, 0.3) is 0 Å². The number of pyridine rings is 1. The van der Waals surface area contributed by atoms with Crippen molar-refractivity contribution in [2.24, 2.45) is 0 Å². The van der Waals surface area contributed by atoms with E-state index in [1.165, 1.54) is 0 Å². The van der Waals surface area contributed by atoms with Gasteiger partial charge in [-0.3, -0.25) is 0 Å². The number of hydrogen-bond donors (Lipinski definition) is 0. The highest BCUT2D eigenvalue weighted by atomic mass is 16.3. The summed E-state index contributed by atoms with van der Waals surface area (Å²) in [5.74, 6) is 0.970. The Morgan fingerprint density at radius 1 is 1.10 bits per heavy atom. The maximum absolute atomic E-state index is 5.11. The highest BCUT2D eigenvalue weighted by molar-refractivity contribution is 5.83. The second-order valence-corrected chi connectivity index (χ2v) is 4.93. The van der Waals surface area contributed by atoms with Crippen molar-refractivity contribution in [1.82, 2.24) is 14.5 Å². The SMILES string of the molecule is Cc1nccn1-c1ccc2nc(-c3ccoc3)ccc2c1. The van der Waals surface area contributed by atoms with Crippen LogP contribution in [0.4, 0.5) is 0 Å². The Balaban J connectivity index is 1.83. The third kappa shape index (κ3) is 2.01. The highest BCUT2D eigenvalue weighted by Gasteiger charge is 2.05. The van der Waals surface area contributed by atoms with Crippen LogP contribution in [0.1, 0.15) is 5.82 Å². The third-order valence-corrected chi connectivity index (χ3v) is 3.59. The standard InChI is InChI=1S/C17H13N3O/c1-12-18-7-8-20(12)15-3-5-16-13(10-15)2-4-17(19-16)14-6-9-21-11-14/h2-11H,1H3. The molecular weight excluding hydrogens is 262 g/mol. The smallest absolute Gasteiger partial charge is 0.110 e. The van der Waals surface area contributed by atoms with E-state index in [1.54, 1.807) is 18.7 Å². The van der Waals surface area contributed by atoms with Crippen LogP contribution >= 0.6 is 0 Å². The molecule has 102 valence electrons. The predicted molar refractivity (Wildman–Crippen MR) is 81.3 cm³/mol. The molecule has 3 heterocycles. The summed E-state index contributed by atoms with van der Waals surface area (Å²) >= 11 is 0. The molecule has 1 aromatic carbocycles. The van der Waals surface area contributed by atoms with Gasteiger partial charge in [-0.15, -0.1) is 0 Å². The molecule has 0 bridgehead atoms. The van der Waals surface area contributed by atoms with E-state index in [9.17, 15) is 0 Å². The fourth-order valence-corrected chi connectivity index (χ4v) is 2.48. The Labute approximate surface area is 121 Å². The second kappa shape index (κ2) is 4.59. The Morgan fingerprint density at radius 2 is 2.05 bits per heavy atom. The van der Waals surface area contributed by atoms with E-state index in [1.807, 2.05) is 31.3 Å². The first kappa shape index (κ1) is 11.9. The van der Waals surface area contributed by atoms with Gasteiger partial charge < -0.3 is 8.98 Å². The Morgan fingerprint density at radius 3 is 2.81 bits per heavy atom. The molecule has 0 atom stereocenters. The molecule has 0 spiro atoms. The monoisotopic (exact) mass is 275 g/mol. The first-order valence-corrected chi connectivity index (χ1v) is 6.75. The minimum atomic E-state index is 0.919. The molecule has 0 fully saturated rings. The topological polar surface area (TPSA) is 43.9 Å². The normalized spacial score (nSPS) is 11.1. The van der Waals surface area contributed by atoms with Crippen LogP contribution in [0.2, 0.25) is 0 Å². The summed E-state index contributed by atoms with van der Waals surface area (Å²) in [6, 6.07) is 12.2. The number of imidazole rings is 1. The fraction of sp³-hybridized carbons (Fsp3) is 0.0588. The Hall–Kier alpha value is -2.88. The van der Waals surface area contributed by atoms with Gasteiger partial charge >= 0.3 is 0 Å². The van der Waals surface area contributed by atoms with E-state index in [0.717, 1.165) is 33.7 Å². The first-order chi connectivity index (χ1) is 10.3. The zero-order valence-corrected chi connectivity index (χ0v) is 11.5. The van der Waals surface area contributed by atoms with Crippen LogP contribution in [0.25, 0.3) is 27.8 Å². The summed E-state index contributed by atoms with van der Waals surface area (Å²) < 4.78 is 7.17. The molecule has 21 heavy (non-hydrogen) atoms. The molecule has 0 radical (unpaired) electrons. The van der Waals surface area contributed by atoms with Gasteiger partial charge in [0.1, 0.15) is 5.82 Å². The van der Waals surface area contributed by atoms with Crippen LogP contribution in [0.15, 0.2) is 65.7 Å². The van der Waals surface area contributed by atoms with Crippen molar-refractivity contribution < 1.29 is 4.42 Å². The van der Waals surface area contributed by atoms with Crippen molar-refractivity contribution in [2.45, 2.75) is 6.92 Å². The Bertz CT molecular complexity index is 907. The number of rotatable bonds is 2. The zero-order chi connectivity index (χ0) is 14.2. The second-order valence-electron chi connectivity index (χ2n) is 4.93. The molecule has 0 N–H and O–H groups in total. The number of benzene rings is 1. The fourth-order valence-electron chi connectivity index (χ4n) is 2.48. The van der Waals surface area contributed by atoms with E-state index >= 15 is 0 Å². The number of fused-ring (bicyclic) bond motifs is 1. The molecule has 0 amide bonds. The average Bonchev–Trinajstić information content (AvgIpc) is 3.17. The van der Waals surface area contributed by atoms with Crippen LogP contribution < -0.4 is 0 Å². The minimum absolute atomic E-state index is 0.919. The summed E-state index contributed by atoms with van der Waals surface area (Å²) in [6.45, 7) is 1.99. The van der Waals surface area contributed by atoms with Gasteiger partial charge in [0.15, 0.2) is 0 Å². The number of aryl methyl sites for hydroxylation is 1. The van der Waals surface area contributed by atoms with Crippen LogP contribution in [-0.4, -0.2) is 14.5 Å². The minimum Gasteiger partial charge on any atom is -0.472 e. The molecule has 0 aliphatic heterocycles. The summed E-state index contributed by atoms with van der Waals surface area (Å²) in [5, 5.41) is 1.10. The average molecular weight is 275 g/mol. The van der Waals surface area contributed by atoms with Crippen LogP contribution in [0.5, 0.6) is 0 Å². The van der Waals surface area contributed by atoms with E-state index < -0.39 is 0 Å². The number of aromatic nitrogens is 3. The zero-order valence-electron chi connectivity index (χ0n) is 11.5. The van der Waals surface area contributed by atoms with Gasteiger partial charge in [-0.1, -0.05) is 6.07 Å². The van der Waals surface area contributed by atoms with E-state index in [2.05, 4.69) is 32.7 Å². The van der Waals surface area contributed by atoms with Gasteiger partial charge in [0.05, 0.1) is 23.7 Å². The van der Waals surface area contributed by atoms with Gasteiger partial charge in [-0.05, 0) is 37.3 Å². The van der Waals surface area contributed by atoms with Crippen molar-refractivity contribution in [3.8, 4) is 16.9 Å². The van der Waals surface area contributed by atoms with Crippen molar-refractivity contribution in [3.05, 3.63) is 67.1 Å². The van der Waals surface area contributed by atoms with Crippen molar-refractivity contribution in [2.75, 3.05) is 0 Å². The van der Waals surface area contributed by atoms with E-state index in [-0.39, 0.29) is 0 Å². The number of nitrogens with zero attached hydrogens (tertiary/aromatic N) is 3. The maximum Gasteiger partial charge on any atom is 0.110 e. The van der Waals surface area contributed by atoms with Gasteiger partial charge in [-0.2, -0.15) is 0 Å². The summed E-state index contributed by atoms with van der Waals surface area (Å²) in [7, 11) is 0. The molecular formula is C17H13N3O. The lowest BCUT2D eigenvalue weighted by Gasteiger charge is -2.07. The third-order valence-electron chi connectivity index (χ3n) is 3.59. The molecule has 4 aromatic rings. The predicted octanol–water partition coefficient (Wildman–Crippen LogP) is 3.99. The van der Waals surface area contributed by atoms with Crippen molar-refractivity contribution >= 4 is 10.9 Å². The molecule has 0 aliphatic rings.